The molecule has 0 spiro atoms. The van der Waals surface area contributed by atoms with Crippen LogP contribution in [0.5, 0.6) is 5.75 Å². The van der Waals surface area contributed by atoms with Crippen molar-refractivity contribution >= 4 is 17.1 Å². The summed E-state index contributed by atoms with van der Waals surface area (Å²) in [4.78, 5) is 23.6. The minimum atomic E-state index is 0.138. The van der Waals surface area contributed by atoms with E-state index in [1.807, 2.05) is 36.2 Å². The largest absolute Gasteiger partial charge is 0.497 e. The number of rotatable bonds is 4. The molecule has 3 aromatic rings. The third-order valence-corrected chi connectivity index (χ3v) is 5.14. The van der Waals surface area contributed by atoms with Crippen molar-refractivity contribution in [2.75, 3.05) is 20.2 Å². The Bertz CT molecular complexity index is 968. The Morgan fingerprint density at radius 2 is 2.15 bits per heavy atom. The lowest BCUT2D eigenvalue weighted by molar-refractivity contribution is -0.131. The number of fused-ring (bicyclic) bond motifs is 1. The van der Waals surface area contributed by atoms with Crippen LogP contribution < -0.4 is 4.74 Å². The number of likely N-dealkylation sites (tertiary alicyclic amines) is 1. The quantitative estimate of drug-likeness (QED) is 0.709. The van der Waals surface area contributed by atoms with E-state index in [4.69, 9.17) is 4.74 Å². The second-order valence-electron chi connectivity index (χ2n) is 6.94. The van der Waals surface area contributed by atoms with Gasteiger partial charge in [-0.15, -0.1) is 0 Å². The van der Waals surface area contributed by atoms with Crippen LogP contribution >= 0.6 is 0 Å². The third kappa shape index (κ3) is 3.49. The number of amides is 1. The zero-order valence-corrected chi connectivity index (χ0v) is 15.6. The van der Waals surface area contributed by atoms with Gasteiger partial charge in [0.25, 0.3) is 0 Å². The first kappa shape index (κ1) is 17.5. The number of piperidine rings is 1. The van der Waals surface area contributed by atoms with Crippen LogP contribution in [0, 0.1) is 0 Å². The fourth-order valence-electron chi connectivity index (χ4n) is 3.78. The number of benzene rings is 1. The van der Waals surface area contributed by atoms with Crippen molar-refractivity contribution < 1.29 is 9.53 Å². The van der Waals surface area contributed by atoms with E-state index in [2.05, 4.69) is 15.1 Å². The van der Waals surface area contributed by atoms with E-state index in [0.717, 1.165) is 47.6 Å². The van der Waals surface area contributed by atoms with Gasteiger partial charge in [-0.1, -0.05) is 12.1 Å². The summed E-state index contributed by atoms with van der Waals surface area (Å²) in [6, 6.07) is 7.68. The molecule has 27 heavy (non-hydrogen) atoms. The second kappa shape index (κ2) is 7.34. The first-order chi connectivity index (χ1) is 13.2. The van der Waals surface area contributed by atoms with Crippen molar-refractivity contribution in [1.82, 2.24) is 24.6 Å². The van der Waals surface area contributed by atoms with Crippen molar-refractivity contribution in [3.63, 3.8) is 0 Å². The minimum absolute atomic E-state index is 0.138. The van der Waals surface area contributed by atoms with Crippen LogP contribution in [0.2, 0.25) is 0 Å². The predicted octanol–water partition coefficient (Wildman–Crippen LogP) is 2.32. The van der Waals surface area contributed by atoms with Crippen LogP contribution in [-0.4, -0.2) is 50.8 Å². The molecule has 0 N–H and O–H groups in total. The van der Waals surface area contributed by atoms with E-state index in [1.165, 1.54) is 0 Å². The molecule has 140 valence electrons. The van der Waals surface area contributed by atoms with Gasteiger partial charge < -0.3 is 9.64 Å². The normalized spacial score (nSPS) is 17.3. The molecular weight excluding hydrogens is 342 g/mol. The van der Waals surface area contributed by atoms with Gasteiger partial charge in [-0.2, -0.15) is 5.10 Å². The molecule has 0 radical (unpaired) electrons. The van der Waals surface area contributed by atoms with Crippen LogP contribution in [0.4, 0.5) is 0 Å². The van der Waals surface area contributed by atoms with Gasteiger partial charge in [0.2, 0.25) is 5.91 Å². The Balaban J connectivity index is 1.51. The Labute approximate surface area is 158 Å². The molecule has 1 atom stereocenters. The molecule has 1 saturated heterocycles. The van der Waals surface area contributed by atoms with Gasteiger partial charge in [-0.25, -0.2) is 14.6 Å². The van der Waals surface area contributed by atoms with Gasteiger partial charge in [0.1, 0.15) is 11.3 Å². The average Bonchev–Trinajstić information content (AvgIpc) is 3.05. The predicted molar refractivity (Wildman–Crippen MR) is 102 cm³/mol. The monoisotopic (exact) mass is 365 g/mol. The first-order valence-corrected chi connectivity index (χ1v) is 9.20. The summed E-state index contributed by atoms with van der Waals surface area (Å²) in [6.45, 7) is 1.46. The highest BCUT2D eigenvalue weighted by molar-refractivity contribution is 5.79. The van der Waals surface area contributed by atoms with Gasteiger partial charge in [0.15, 0.2) is 5.65 Å². The number of aromatic nitrogens is 4. The van der Waals surface area contributed by atoms with Gasteiger partial charge in [-0.3, -0.25) is 4.79 Å². The number of hydrogen-bond acceptors (Lipinski definition) is 5. The Morgan fingerprint density at radius 1 is 1.30 bits per heavy atom. The molecule has 7 nitrogen and oxygen atoms in total. The molecule has 0 unspecified atom stereocenters. The number of nitrogens with zero attached hydrogens (tertiary/aromatic N) is 5. The molecule has 1 aliphatic heterocycles. The molecule has 1 fully saturated rings. The zero-order valence-electron chi connectivity index (χ0n) is 15.6. The van der Waals surface area contributed by atoms with Gasteiger partial charge in [0, 0.05) is 38.4 Å². The lowest BCUT2D eigenvalue weighted by Gasteiger charge is -2.32. The van der Waals surface area contributed by atoms with E-state index >= 15 is 0 Å². The van der Waals surface area contributed by atoms with Crippen LogP contribution in [0.1, 0.15) is 30.0 Å². The molecule has 1 aromatic carbocycles. The smallest absolute Gasteiger partial charge is 0.227 e. The zero-order chi connectivity index (χ0) is 18.8. The molecule has 7 heteroatoms. The topological polar surface area (TPSA) is 73.1 Å². The Kier molecular flexibility index (Phi) is 4.75. The lowest BCUT2D eigenvalue weighted by atomic mass is 9.94. The molecule has 0 bridgehead atoms. The average molecular weight is 365 g/mol. The number of hydrogen-bond donors (Lipinski definition) is 0. The summed E-state index contributed by atoms with van der Waals surface area (Å²) in [5, 5.41) is 4.65. The van der Waals surface area contributed by atoms with Crippen LogP contribution in [0.25, 0.3) is 11.2 Å². The molecule has 1 amide bonds. The molecule has 1 aliphatic rings. The number of carbonyl (C=O) groups is 1. The summed E-state index contributed by atoms with van der Waals surface area (Å²) in [7, 11) is 3.52. The Morgan fingerprint density at radius 3 is 3.00 bits per heavy atom. The van der Waals surface area contributed by atoms with E-state index in [9.17, 15) is 4.79 Å². The van der Waals surface area contributed by atoms with Crippen molar-refractivity contribution in [3.8, 4) is 5.75 Å². The van der Waals surface area contributed by atoms with Crippen molar-refractivity contribution in [2.45, 2.75) is 25.2 Å². The maximum atomic E-state index is 12.8. The fraction of sp³-hybridized carbons (Fsp3) is 0.400. The van der Waals surface area contributed by atoms with Crippen molar-refractivity contribution in [2.24, 2.45) is 7.05 Å². The standard InChI is InChI=1S/C20H23N5O2/c1-24-20-19(21-8-9-22-20)18(23-24)15-6-4-10-25(13-15)17(26)12-14-5-3-7-16(11-14)27-2/h3,5,7-9,11,15H,4,6,10,12-13H2,1-2H3/t15-/m1/s1. The highest BCUT2D eigenvalue weighted by Crippen LogP contribution is 2.30. The summed E-state index contributed by atoms with van der Waals surface area (Å²) < 4.78 is 7.02. The molecule has 0 aliphatic carbocycles. The highest BCUT2D eigenvalue weighted by atomic mass is 16.5. The fourth-order valence-corrected chi connectivity index (χ4v) is 3.78. The summed E-state index contributed by atoms with van der Waals surface area (Å²) in [5.41, 5.74) is 3.54. The Hall–Kier alpha value is -2.96. The highest BCUT2D eigenvalue weighted by Gasteiger charge is 2.28. The van der Waals surface area contributed by atoms with Crippen molar-refractivity contribution in [1.29, 1.82) is 0 Å². The molecule has 0 saturated carbocycles. The molecule has 4 rings (SSSR count). The second-order valence-corrected chi connectivity index (χ2v) is 6.94. The van der Waals surface area contributed by atoms with Crippen LogP contribution in [-0.2, 0) is 18.3 Å². The number of carbonyl (C=O) groups excluding carboxylic acids is 1. The van der Waals surface area contributed by atoms with Crippen LogP contribution in [0.3, 0.4) is 0 Å². The summed E-state index contributed by atoms with van der Waals surface area (Å²) >= 11 is 0. The minimum Gasteiger partial charge on any atom is -0.497 e. The van der Waals surface area contributed by atoms with E-state index < -0.39 is 0 Å². The summed E-state index contributed by atoms with van der Waals surface area (Å²) in [6.07, 6.45) is 5.73. The maximum Gasteiger partial charge on any atom is 0.227 e. The number of ether oxygens (including phenoxy) is 1. The SMILES string of the molecule is COc1cccc(CC(=O)N2CCC[C@@H](c3nn(C)c4nccnc34)C2)c1. The first-order valence-electron chi connectivity index (χ1n) is 9.20. The molecular formula is C20H23N5O2. The molecule has 3 heterocycles. The molecule has 2 aromatic heterocycles. The van der Waals surface area contributed by atoms with Crippen LogP contribution in [0.15, 0.2) is 36.7 Å². The van der Waals surface area contributed by atoms with Gasteiger partial charge >= 0.3 is 0 Å². The third-order valence-electron chi connectivity index (χ3n) is 5.14. The van der Waals surface area contributed by atoms with Crippen molar-refractivity contribution in [3.05, 3.63) is 47.9 Å². The van der Waals surface area contributed by atoms with E-state index in [1.54, 1.807) is 24.2 Å². The maximum absolute atomic E-state index is 12.8. The number of aryl methyl sites for hydroxylation is 1. The number of methoxy groups -OCH3 is 1. The summed E-state index contributed by atoms with van der Waals surface area (Å²) in [5.74, 6) is 1.10. The van der Waals surface area contributed by atoms with Gasteiger partial charge in [0.05, 0.1) is 19.2 Å². The van der Waals surface area contributed by atoms with Gasteiger partial charge in [-0.05, 0) is 30.5 Å². The lowest BCUT2D eigenvalue weighted by Crippen LogP contribution is -2.40. The van der Waals surface area contributed by atoms with E-state index in [0.29, 0.717) is 13.0 Å². The van der Waals surface area contributed by atoms with E-state index in [-0.39, 0.29) is 11.8 Å².